The molecule has 0 spiro atoms. The number of halogens is 2. The smallest absolute Gasteiger partial charge is 0.316 e. The summed E-state index contributed by atoms with van der Waals surface area (Å²) in [6, 6.07) is 1.71. The van der Waals surface area contributed by atoms with Crippen LogP contribution in [0.15, 0.2) is 29.1 Å². The van der Waals surface area contributed by atoms with Crippen molar-refractivity contribution >= 4 is 21.7 Å². The summed E-state index contributed by atoms with van der Waals surface area (Å²) >= 11 is 3.22. The predicted octanol–water partition coefficient (Wildman–Crippen LogP) is 2.83. The molecule has 6 nitrogen and oxygen atoms in total. The summed E-state index contributed by atoms with van der Waals surface area (Å²) in [4.78, 5) is 14.3. The van der Waals surface area contributed by atoms with Crippen molar-refractivity contribution < 1.29 is 13.9 Å². The molecule has 1 atom stereocenters. The van der Waals surface area contributed by atoms with Gasteiger partial charge in [0, 0.05) is 17.2 Å². The van der Waals surface area contributed by atoms with E-state index in [0.717, 1.165) is 19.4 Å². The van der Waals surface area contributed by atoms with Crippen LogP contribution >= 0.6 is 15.9 Å². The summed E-state index contributed by atoms with van der Waals surface area (Å²) in [6.07, 6.45) is 6.34. The van der Waals surface area contributed by atoms with Crippen molar-refractivity contribution in [2.75, 3.05) is 25.1 Å². The first-order valence-corrected chi connectivity index (χ1v) is 8.03. The van der Waals surface area contributed by atoms with Crippen molar-refractivity contribution in [3.05, 3.63) is 34.9 Å². The van der Waals surface area contributed by atoms with Crippen LogP contribution in [-0.2, 0) is 0 Å². The molecule has 1 unspecified atom stereocenters. The number of hydrogen-bond acceptors (Lipinski definition) is 6. The molecule has 122 valence electrons. The molecule has 2 aromatic rings. The van der Waals surface area contributed by atoms with Crippen LogP contribution in [0.3, 0.4) is 0 Å². The van der Waals surface area contributed by atoms with E-state index in [4.69, 9.17) is 9.47 Å². The average Bonchev–Trinajstić information content (AvgIpc) is 2.56. The third-order valence-corrected chi connectivity index (χ3v) is 4.01. The third-order valence-electron chi connectivity index (χ3n) is 3.58. The number of methoxy groups -OCH3 is 1. The molecule has 1 aliphatic rings. The monoisotopic (exact) mass is 382 g/mol. The number of hydrogen-bond donors (Lipinski definition) is 0. The summed E-state index contributed by atoms with van der Waals surface area (Å²) in [5.74, 6) is 0.571. The Bertz CT molecular complexity index is 671. The molecule has 0 aromatic carbocycles. The number of piperidine rings is 1. The van der Waals surface area contributed by atoms with Gasteiger partial charge in [0.25, 0.3) is 0 Å². The lowest BCUT2D eigenvalue weighted by Gasteiger charge is -2.33. The maximum absolute atomic E-state index is 14.1. The number of ether oxygens (including phenoxy) is 2. The first kappa shape index (κ1) is 15.9. The van der Waals surface area contributed by atoms with Crippen molar-refractivity contribution in [2.24, 2.45) is 0 Å². The van der Waals surface area contributed by atoms with E-state index in [-0.39, 0.29) is 11.9 Å². The SMILES string of the molecule is COc1cnc(OC2CCCN(c3ncc(Br)cc3F)C2)nc1. The molecule has 1 fully saturated rings. The van der Waals surface area contributed by atoms with Crippen LogP contribution in [-0.4, -0.2) is 41.3 Å². The lowest BCUT2D eigenvalue weighted by Crippen LogP contribution is -2.42. The van der Waals surface area contributed by atoms with E-state index < -0.39 is 0 Å². The average molecular weight is 383 g/mol. The zero-order valence-corrected chi connectivity index (χ0v) is 14.2. The van der Waals surface area contributed by atoms with Gasteiger partial charge in [-0.25, -0.2) is 9.37 Å². The number of rotatable bonds is 4. The maximum Gasteiger partial charge on any atom is 0.316 e. The number of pyridine rings is 1. The number of aromatic nitrogens is 3. The zero-order chi connectivity index (χ0) is 16.2. The minimum atomic E-state index is -0.347. The van der Waals surface area contributed by atoms with Gasteiger partial charge in [0.05, 0.1) is 26.0 Å². The second kappa shape index (κ2) is 7.08. The molecule has 0 bridgehead atoms. The molecule has 0 N–H and O–H groups in total. The lowest BCUT2D eigenvalue weighted by molar-refractivity contribution is 0.163. The van der Waals surface area contributed by atoms with E-state index in [0.29, 0.717) is 28.6 Å². The summed E-state index contributed by atoms with van der Waals surface area (Å²) in [7, 11) is 1.55. The van der Waals surface area contributed by atoms with Crippen LogP contribution in [0.1, 0.15) is 12.8 Å². The molecule has 8 heteroatoms. The van der Waals surface area contributed by atoms with Crippen molar-refractivity contribution in [3.63, 3.8) is 0 Å². The third kappa shape index (κ3) is 3.87. The van der Waals surface area contributed by atoms with Crippen molar-refractivity contribution in [1.82, 2.24) is 15.0 Å². The highest BCUT2D eigenvalue weighted by molar-refractivity contribution is 9.10. The Labute approximate surface area is 141 Å². The first-order chi connectivity index (χ1) is 11.2. The van der Waals surface area contributed by atoms with Gasteiger partial charge in [-0.1, -0.05) is 0 Å². The van der Waals surface area contributed by atoms with E-state index in [1.165, 1.54) is 6.07 Å². The van der Waals surface area contributed by atoms with Gasteiger partial charge in [-0.2, -0.15) is 9.97 Å². The van der Waals surface area contributed by atoms with E-state index >= 15 is 0 Å². The molecule has 1 saturated heterocycles. The van der Waals surface area contributed by atoms with Gasteiger partial charge in [0.1, 0.15) is 6.10 Å². The van der Waals surface area contributed by atoms with Gasteiger partial charge in [-0.3, -0.25) is 0 Å². The van der Waals surface area contributed by atoms with Crippen LogP contribution < -0.4 is 14.4 Å². The molecule has 0 amide bonds. The fourth-order valence-corrected chi connectivity index (χ4v) is 2.79. The van der Waals surface area contributed by atoms with Gasteiger partial charge in [0.15, 0.2) is 17.4 Å². The fourth-order valence-electron chi connectivity index (χ4n) is 2.49. The number of nitrogens with zero attached hydrogens (tertiary/aromatic N) is 4. The molecule has 2 aromatic heterocycles. The van der Waals surface area contributed by atoms with Gasteiger partial charge < -0.3 is 14.4 Å². The van der Waals surface area contributed by atoms with Gasteiger partial charge in [-0.05, 0) is 34.8 Å². The molecule has 0 radical (unpaired) electrons. The second-order valence-corrected chi connectivity index (χ2v) is 6.11. The predicted molar refractivity (Wildman–Crippen MR) is 86.3 cm³/mol. The van der Waals surface area contributed by atoms with Crippen molar-refractivity contribution in [3.8, 4) is 11.8 Å². The van der Waals surface area contributed by atoms with Crippen LogP contribution in [0, 0.1) is 5.82 Å². The lowest BCUT2D eigenvalue weighted by atomic mass is 10.1. The molecular weight excluding hydrogens is 367 g/mol. The zero-order valence-electron chi connectivity index (χ0n) is 12.6. The Balaban J connectivity index is 1.67. The first-order valence-electron chi connectivity index (χ1n) is 7.24. The highest BCUT2D eigenvalue weighted by Gasteiger charge is 2.25. The normalized spacial score (nSPS) is 17.9. The van der Waals surface area contributed by atoms with Crippen LogP contribution in [0.5, 0.6) is 11.8 Å². The molecule has 3 rings (SSSR count). The highest BCUT2D eigenvalue weighted by Crippen LogP contribution is 2.24. The Kier molecular flexibility index (Phi) is 4.90. The van der Waals surface area contributed by atoms with E-state index in [2.05, 4.69) is 30.9 Å². The minimum Gasteiger partial charge on any atom is -0.494 e. The molecule has 3 heterocycles. The summed E-state index contributed by atoms with van der Waals surface area (Å²) in [6.45, 7) is 1.29. The Morgan fingerprint density at radius 3 is 2.74 bits per heavy atom. The molecular formula is C15H16BrFN4O2. The van der Waals surface area contributed by atoms with Gasteiger partial charge in [0.2, 0.25) is 0 Å². The minimum absolute atomic E-state index is 0.109. The maximum atomic E-state index is 14.1. The second-order valence-electron chi connectivity index (χ2n) is 5.19. The topological polar surface area (TPSA) is 60.4 Å². The fraction of sp³-hybridized carbons (Fsp3) is 0.400. The van der Waals surface area contributed by atoms with E-state index in [1.54, 1.807) is 25.7 Å². The summed E-state index contributed by atoms with van der Waals surface area (Å²) < 4.78 is 25.5. The standard InChI is InChI=1S/C15H16BrFN4O2/c1-22-12-7-19-15(20-8-12)23-11-3-2-4-21(9-11)14-13(17)5-10(16)6-18-14/h5-8,11H,2-4,9H2,1H3. The molecule has 23 heavy (non-hydrogen) atoms. The Morgan fingerprint density at radius 2 is 2.04 bits per heavy atom. The van der Waals surface area contributed by atoms with Crippen LogP contribution in [0.4, 0.5) is 10.2 Å². The molecule has 1 aliphatic heterocycles. The quantitative estimate of drug-likeness (QED) is 0.810. The largest absolute Gasteiger partial charge is 0.494 e. The van der Waals surface area contributed by atoms with Crippen molar-refractivity contribution in [2.45, 2.75) is 18.9 Å². The van der Waals surface area contributed by atoms with Crippen molar-refractivity contribution in [1.29, 1.82) is 0 Å². The van der Waals surface area contributed by atoms with Crippen LogP contribution in [0.25, 0.3) is 0 Å². The van der Waals surface area contributed by atoms with Gasteiger partial charge >= 0.3 is 6.01 Å². The molecule has 0 aliphatic carbocycles. The molecule has 0 saturated carbocycles. The summed E-state index contributed by atoms with van der Waals surface area (Å²) in [5, 5.41) is 0. The Morgan fingerprint density at radius 1 is 1.26 bits per heavy atom. The Hall–Kier alpha value is -1.96. The van der Waals surface area contributed by atoms with E-state index in [9.17, 15) is 4.39 Å². The summed E-state index contributed by atoms with van der Waals surface area (Å²) in [5.41, 5.74) is 0. The highest BCUT2D eigenvalue weighted by atomic mass is 79.9. The number of anilines is 1. The van der Waals surface area contributed by atoms with Gasteiger partial charge in [-0.15, -0.1) is 0 Å². The van der Waals surface area contributed by atoms with Crippen LogP contribution in [0.2, 0.25) is 0 Å². The van der Waals surface area contributed by atoms with E-state index in [1.807, 2.05) is 4.90 Å².